The lowest BCUT2D eigenvalue weighted by molar-refractivity contribution is 0.534. The van der Waals surface area contributed by atoms with Gasteiger partial charge in [0.1, 0.15) is 18.7 Å². The summed E-state index contributed by atoms with van der Waals surface area (Å²) in [5.41, 5.74) is -0.372. The van der Waals surface area contributed by atoms with E-state index in [1.54, 1.807) is 7.91 Å². The van der Waals surface area contributed by atoms with E-state index in [2.05, 4.69) is 0 Å². The minimum Gasteiger partial charge on any atom is -0.267 e. The lowest BCUT2D eigenvalue weighted by Gasteiger charge is -2.03. The van der Waals surface area contributed by atoms with E-state index in [1.807, 2.05) is 0 Å². The van der Waals surface area contributed by atoms with Crippen LogP contribution in [0.5, 0.6) is 0 Å². The molecule has 0 N–H and O–H groups in total. The first-order valence-electron chi connectivity index (χ1n) is 8.52. The Labute approximate surface area is 180 Å². The van der Waals surface area contributed by atoms with Gasteiger partial charge < -0.3 is 0 Å². The number of hydrogen-bond donors (Lipinski definition) is 0. The monoisotopic (exact) mass is 476 g/mol. The van der Waals surface area contributed by atoms with Gasteiger partial charge in [0.25, 0.3) is 11.1 Å². The maximum Gasteiger partial charge on any atom is 0.280 e. The summed E-state index contributed by atoms with van der Waals surface area (Å²) < 4.78 is 3.97. The highest BCUT2D eigenvalue weighted by molar-refractivity contribution is 7.12. The second-order valence-electron chi connectivity index (χ2n) is 6.00. The van der Waals surface area contributed by atoms with E-state index in [1.165, 1.54) is 35.9 Å². The molecule has 0 radical (unpaired) electrons. The van der Waals surface area contributed by atoms with Gasteiger partial charge in [-0.25, -0.2) is 0 Å². The predicted molar refractivity (Wildman–Crippen MR) is 114 cm³/mol. The Bertz CT molecular complexity index is 757. The zero-order valence-electron chi connectivity index (χ0n) is 14.1. The summed E-state index contributed by atoms with van der Waals surface area (Å²) in [6, 6.07) is 0. The summed E-state index contributed by atoms with van der Waals surface area (Å²) in [6.07, 6.45) is 8.73. The third kappa shape index (κ3) is 6.28. The van der Waals surface area contributed by atoms with Crippen molar-refractivity contribution in [3.8, 4) is 0 Å². The van der Waals surface area contributed by atoms with E-state index in [9.17, 15) is 9.59 Å². The molecule has 0 bridgehead atoms. The fourth-order valence-electron chi connectivity index (χ4n) is 2.61. The van der Waals surface area contributed by atoms with Gasteiger partial charge in [-0.05, 0) is 35.9 Å². The van der Waals surface area contributed by atoms with Crippen LogP contribution in [-0.4, -0.2) is 7.91 Å². The third-order valence-corrected chi connectivity index (χ3v) is 7.80. The minimum atomic E-state index is -0.186. The minimum absolute atomic E-state index is 0.131. The van der Waals surface area contributed by atoms with Crippen LogP contribution in [0.4, 0.5) is 0 Å². The van der Waals surface area contributed by atoms with E-state index in [0.29, 0.717) is 21.8 Å². The zero-order chi connectivity index (χ0) is 19.1. The number of halogens is 4. The molecule has 0 saturated carbocycles. The molecule has 0 atom stereocenters. The van der Waals surface area contributed by atoms with Gasteiger partial charge in [0.05, 0.1) is 0 Å². The van der Waals surface area contributed by atoms with Crippen molar-refractivity contribution in [3.63, 3.8) is 0 Å². The molecular formula is C16H20Cl4N2O2S2. The summed E-state index contributed by atoms with van der Waals surface area (Å²) >= 11 is 25.7. The number of aryl methyl sites for hydroxylation is 2. The average Bonchev–Trinajstić information content (AvgIpc) is 3.01. The Morgan fingerprint density at radius 2 is 0.885 bits per heavy atom. The first kappa shape index (κ1) is 22.3. The van der Waals surface area contributed by atoms with E-state index in [0.717, 1.165) is 38.5 Å². The molecular weight excluding hydrogens is 458 g/mol. The summed E-state index contributed by atoms with van der Waals surface area (Å²) in [5, 5.41) is 0.261. The summed E-state index contributed by atoms with van der Waals surface area (Å²) in [6.45, 7) is 1.35. The molecule has 2 aromatic heterocycles. The first-order chi connectivity index (χ1) is 12.4. The molecule has 0 amide bonds. The molecule has 26 heavy (non-hydrogen) atoms. The molecule has 0 saturated heterocycles. The van der Waals surface area contributed by atoms with Gasteiger partial charge in [-0.2, -0.15) is 0 Å². The van der Waals surface area contributed by atoms with Gasteiger partial charge in [-0.3, -0.25) is 17.5 Å². The highest BCUT2D eigenvalue weighted by Gasteiger charge is 2.11. The normalized spacial score (nSPS) is 11.4. The molecule has 146 valence electrons. The van der Waals surface area contributed by atoms with Crippen LogP contribution in [-0.2, 0) is 13.1 Å². The predicted octanol–water partition coefficient (Wildman–Crippen LogP) is 6.57. The van der Waals surface area contributed by atoms with E-state index >= 15 is 0 Å². The van der Waals surface area contributed by atoms with Crippen LogP contribution in [0.25, 0.3) is 0 Å². The molecule has 0 aliphatic carbocycles. The van der Waals surface area contributed by atoms with Gasteiger partial charge in [0.2, 0.25) is 0 Å². The summed E-state index contributed by atoms with van der Waals surface area (Å²) in [4.78, 5) is 23.4. The quantitative estimate of drug-likeness (QED) is 0.343. The van der Waals surface area contributed by atoms with Crippen molar-refractivity contribution in [2.24, 2.45) is 0 Å². The molecule has 0 aliphatic heterocycles. The van der Waals surface area contributed by atoms with E-state index < -0.39 is 0 Å². The number of unbranched alkanes of at least 4 members (excludes halogenated alkanes) is 7. The molecule has 0 fully saturated rings. The van der Waals surface area contributed by atoms with Crippen LogP contribution >= 0.6 is 69.5 Å². The van der Waals surface area contributed by atoms with Crippen LogP contribution in [0.15, 0.2) is 9.59 Å². The van der Waals surface area contributed by atoms with Crippen LogP contribution in [0, 0.1) is 0 Å². The molecule has 2 aromatic rings. The fourth-order valence-corrected chi connectivity index (χ4v) is 5.29. The van der Waals surface area contributed by atoms with Gasteiger partial charge in [0.15, 0.2) is 0 Å². The molecule has 0 spiro atoms. The second kappa shape index (κ2) is 11.1. The Kier molecular flexibility index (Phi) is 9.55. The number of aromatic nitrogens is 2. The van der Waals surface area contributed by atoms with Crippen molar-refractivity contribution in [1.29, 1.82) is 0 Å². The zero-order valence-corrected chi connectivity index (χ0v) is 18.8. The Morgan fingerprint density at radius 1 is 0.577 bits per heavy atom. The Morgan fingerprint density at radius 3 is 1.15 bits per heavy atom. The lowest BCUT2D eigenvalue weighted by atomic mass is 10.1. The van der Waals surface area contributed by atoms with Crippen molar-refractivity contribution in [2.75, 3.05) is 0 Å². The highest BCUT2D eigenvalue weighted by atomic mass is 35.5. The van der Waals surface area contributed by atoms with Gasteiger partial charge in [-0.1, -0.05) is 84.9 Å². The second-order valence-corrected chi connectivity index (χ2v) is 10.0. The van der Waals surface area contributed by atoms with Crippen LogP contribution in [0.3, 0.4) is 0 Å². The van der Waals surface area contributed by atoms with Crippen molar-refractivity contribution < 1.29 is 0 Å². The first-order valence-corrected chi connectivity index (χ1v) is 11.6. The maximum absolute atomic E-state index is 11.7. The van der Waals surface area contributed by atoms with E-state index in [4.69, 9.17) is 46.4 Å². The van der Waals surface area contributed by atoms with E-state index in [-0.39, 0.29) is 21.2 Å². The SMILES string of the molecule is O=c1c(Cl)c(Cl)sn1CCCCCCCCCCn1sc(Cl)c(Cl)c1=O. The standard InChI is InChI=1S/C16H20Cl4N2O2S2/c17-11-13(19)25-21(15(11)23)9-7-5-3-1-2-4-6-8-10-22-16(24)12(18)14(20)26-22/h1-10H2. The topological polar surface area (TPSA) is 44.0 Å². The fraction of sp³-hybridized carbons (Fsp3) is 0.625. The van der Waals surface area contributed by atoms with Crippen LogP contribution < -0.4 is 11.1 Å². The molecule has 2 rings (SSSR count). The smallest absolute Gasteiger partial charge is 0.267 e. The Hall–Kier alpha value is 0.0200. The number of nitrogens with zero attached hydrogens (tertiary/aromatic N) is 2. The van der Waals surface area contributed by atoms with Crippen molar-refractivity contribution in [1.82, 2.24) is 7.91 Å². The lowest BCUT2D eigenvalue weighted by Crippen LogP contribution is -2.13. The van der Waals surface area contributed by atoms with Crippen LogP contribution in [0.1, 0.15) is 51.4 Å². The van der Waals surface area contributed by atoms with Gasteiger partial charge >= 0.3 is 0 Å². The molecule has 0 aliphatic rings. The maximum atomic E-state index is 11.7. The summed E-state index contributed by atoms with van der Waals surface area (Å²) in [7, 11) is 0. The van der Waals surface area contributed by atoms with Crippen molar-refractivity contribution >= 4 is 69.5 Å². The average molecular weight is 478 g/mol. The molecule has 2 heterocycles. The van der Waals surface area contributed by atoms with Gasteiger partial charge in [-0.15, -0.1) is 0 Å². The van der Waals surface area contributed by atoms with Gasteiger partial charge in [0, 0.05) is 13.1 Å². The highest BCUT2D eigenvalue weighted by Crippen LogP contribution is 2.24. The summed E-state index contributed by atoms with van der Waals surface area (Å²) in [5.74, 6) is 0. The number of rotatable bonds is 11. The Balaban J connectivity index is 1.49. The van der Waals surface area contributed by atoms with Crippen molar-refractivity contribution in [2.45, 2.75) is 64.5 Å². The molecule has 4 nitrogen and oxygen atoms in total. The van der Waals surface area contributed by atoms with Crippen LogP contribution in [0.2, 0.25) is 18.7 Å². The third-order valence-electron chi connectivity index (χ3n) is 4.03. The molecule has 10 heteroatoms. The molecule has 0 unspecified atom stereocenters. The number of hydrogen-bond acceptors (Lipinski definition) is 4. The molecule has 0 aromatic carbocycles. The largest absolute Gasteiger partial charge is 0.280 e. The van der Waals surface area contributed by atoms with Crippen molar-refractivity contribution in [3.05, 3.63) is 39.4 Å².